The molecule has 3 heteroatoms. The van der Waals surface area contributed by atoms with Crippen LogP contribution in [0.1, 0.15) is 26.2 Å². The van der Waals surface area contributed by atoms with Crippen LogP contribution in [0.2, 0.25) is 0 Å². The summed E-state index contributed by atoms with van der Waals surface area (Å²) in [6.45, 7) is 4.77. The van der Waals surface area contributed by atoms with Crippen LogP contribution in [0.4, 0.5) is 0 Å². The lowest BCUT2D eigenvalue weighted by Crippen LogP contribution is -2.48. The molecule has 0 aliphatic carbocycles. The Balaban J connectivity index is 2.56. The molecule has 0 bridgehead atoms. The summed E-state index contributed by atoms with van der Waals surface area (Å²) in [5.74, 6) is 2.04. The molecule has 0 aromatic heterocycles. The largest absolute Gasteiger partial charge is 0.328 e. The van der Waals surface area contributed by atoms with Gasteiger partial charge in [0.1, 0.15) is 0 Å². The zero-order valence-electron chi connectivity index (χ0n) is 8.75. The summed E-state index contributed by atoms with van der Waals surface area (Å²) >= 11 is 0. The Labute approximate surface area is 85.9 Å². The monoisotopic (exact) mass is 194 g/mol. The van der Waals surface area contributed by atoms with Crippen LogP contribution >= 0.6 is 0 Å². The molecule has 1 atom stereocenters. The van der Waals surface area contributed by atoms with E-state index in [1.807, 2.05) is 4.90 Å². The van der Waals surface area contributed by atoms with E-state index in [1.54, 1.807) is 0 Å². The third kappa shape index (κ3) is 2.74. The van der Waals surface area contributed by atoms with Crippen molar-refractivity contribution >= 4 is 5.91 Å². The molecule has 78 valence electrons. The van der Waals surface area contributed by atoms with Crippen LogP contribution in [0.3, 0.4) is 0 Å². The molecule has 1 saturated heterocycles. The van der Waals surface area contributed by atoms with Crippen LogP contribution in [-0.4, -0.2) is 36.5 Å². The average Bonchev–Trinajstić information content (AvgIpc) is 2.26. The Hall–Kier alpha value is -1.01. The molecular formula is C11H18N2O. The molecule has 0 saturated carbocycles. The molecule has 1 fully saturated rings. The summed E-state index contributed by atoms with van der Waals surface area (Å²) in [6.07, 6.45) is 8.31. The molecule has 1 aliphatic rings. The zero-order chi connectivity index (χ0) is 10.4. The maximum absolute atomic E-state index is 11.5. The van der Waals surface area contributed by atoms with Crippen molar-refractivity contribution in [3.05, 3.63) is 0 Å². The van der Waals surface area contributed by atoms with Crippen LogP contribution in [-0.2, 0) is 4.79 Å². The molecular weight excluding hydrogens is 176 g/mol. The van der Waals surface area contributed by atoms with Gasteiger partial charge in [0.15, 0.2) is 0 Å². The van der Waals surface area contributed by atoms with Gasteiger partial charge < -0.3 is 10.2 Å². The highest BCUT2D eigenvalue weighted by atomic mass is 16.2. The minimum absolute atomic E-state index is 0.166. The van der Waals surface area contributed by atoms with Gasteiger partial charge in [0.05, 0.1) is 0 Å². The summed E-state index contributed by atoms with van der Waals surface area (Å²) in [5.41, 5.74) is 0. The van der Waals surface area contributed by atoms with E-state index < -0.39 is 0 Å². The van der Waals surface area contributed by atoms with Crippen LogP contribution in [0, 0.1) is 12.3 Å². The Morgan fingerprint density at radius 1 is 1.71 bits per heavy atom. The summed E-state index contributed by atoms with van der Waals surface area (Å²) in [7, 11) is 0. The molecule has 14 heavy (non-hydrogen) atoms. The Kier molecular flexibility index (Phi) is 4.48. The smallest absolute Gasteiger partial charge is 0.298 e. The van der Waals surface area contributed by atoms with Crippen molar-refractivity contribution in [2.75, 3.05) is 19.6 Å². The second-order valence-corrected chi connectivity index (χ2v) is 3.64. The maximum atomic E-state index is 11.5. The summed E-state index contributed by atoms with van der Waals surface area (Å²) < 4.78 is 0. The first-order valence-corrected chi connectivity index (χ1v) is 5.27. The van der Waals surface area contributed by atoms with Gasteiger partial charge in [-0.3, -0.25) is 4.79 Å². The molecule has 1 N–H and O–H groups in total. The topological polar surface area (TPSA) is 32.3 Å². The fourth-order valence-corrected chi connectivity index (χ4v) is 1.87. The van der Waals surface area contributed by atoms with E-state index in [2.05, 4.69) is 18.2 Å². The number of rotatable bonds is 3. The van der Waals surface area contributed by atoms with E-state index in [0.717, 1.165) is 38.9 Å². The normalized spacial score (nSPS) is 21.3. The lowest BCUT2D eigenvalue weighted by molar-refractivity contribution is -0.127. The maximum Gasteiger partial charge on any atom is 0.298 e. The van der Waals surface area contributed by atoms with Gasteiger partial charge in [-0.25, -0.2) is 0 Å². The fourth-order valence-electron chi connectivity index (χ4n) is 1.87. The number of hydrogen-bond acceptors (Lipinski definition) is 2. The number of piperidine rings is 1. The molecule has 1 rings (SSSR count). The van der Waals surface area contributed by atoms with Crippen molar-refractivity contribution in [1.82, 2.24) is 10.2 Å². The molecule has 1 amide bonds. The first-order chi connectivity index (χ1) is 6.79. The average molecular weight is 194 g/mol. The second-order valence-electron chi connectivity index (χ2n) is 3.64. The van der Waals surface area contributed by atoms with Crippen molar-refractivity contribution in [3.63, 3.8) is 0 Å². The van der Waals surface area contributed by atoms with E-state index in [0.29, 0.717) is 6.04 Å². The number of terminal acetylenes is 1. The van der Waals surface area contributed by atoms with Gasteiger partial charge in [-0.2, -0.15) is 0 Å². The Bertz CT molecular complexity index is 226. The van der Waals surface area contributed by atoms with E-state index in [-0.39, 0.29) is 5.91 Å². The van der Waals surface area contributed by atoms with Crippen molar-refractivity contribution in [3.8, 4) is 12.3 Å². The number of nitrogens with zero attached hydrogens (tertiary/aromatic N) is 1. The molecule has 1 heterocycles. The van der Waals surface area contributed by atoms with Gasteiger partial charge in [-0.1, -0.05) is 6.92 Å². The van der Waals surface area contributed by atoms with Gasteiger partial charge in [0.25, 0.3) is 5.91 Å². The van der Waals surface area contributed by atoms with Gasteiger partial charge >= 0.3 is 0 Å². The van der Waals surface area contributed by atoms with Crippen LogP contribution in [0.15, 0.2) is 0 Å². The van der Waals surface area contributed by atoms with Crippen LogP contribution in [0.25, 0.3) is 0 Å². The third-order valence-corrected chi connectivity index (χ3v) is 2.56. The van der Waals surface area contributed by atoms with Gasteiger partial charge in [0, 0.05) is 19.1 Å². The van der Waals surface area contributed by atoms with Crippen LogP contribution < -0.4 is 5.32 Å². The summed E-state index contributed by atoms with van der Waals surface area (Å²) in [5, 5.41) is 3.29. The number of hydrogen-bond donors (Lipinski definition) is 1. The van der Waals surface area contributed by atoms with E-state index in [9.17, 15) is 4.79 Å². The van der Waals surface area contributed by atoms with Crippen molar-refractivity contribution < 1.29 is 4.79 Å². The highest BCUT2D eigenvalue weighted by molar-refractivity contribution is 5.93. The number of carbonyl (C=O) groups excluding carboxylic acids is 1. The summed E-state index contributed by atoms with van der Waals surface area (Å²) in [6, 6.07) is 0.298. The third-order valence-electron chi connectivity index (χ3n) is 2.56. The van der Waals surface area contributed by atoms with Crippen molar-refractivity contribution in [1.29, 1.82) is 0 Å². The molecule has 1 unspecified atom stereocenters. The van der Waals surface area contributed by atoms with Crippen molar-refractivity contribution in [2.24, 2.45) is 0 Å². The Morgan fingerprint density at radius 2 is 2.50 bits per heavy atom. The molecule has 0 aromatic carbocycles. The second kappa shape index (κ2) is 5.66. The predicted molar refractivity (Wildman–Crippen MR) is 56.7 cm³/mol. The first-order valence-electron chi connectivity index (χ1n) is 5.27. The lowest BCUT2D eigenvalue weighted by atomic mass is 10.1. The SMILES string of the molecule is C#CC(=O)N(CCC)C1CCCNC1. The molecule has 0 radical (unpaired) electrons. The predicted octanol–water partition coefficient (Wildman–Crippen LogP) is 0.610. The molecule has 1 aliphatic heterocycles. The number of amides is 1. The number of nitrogens with one attached hydrogen (secondary N) is 1. The van der Waals surface area contributed by atoms with E-state index >= 15 is 0 Å². The molecule has 0 aromatic rings. The zero-order valence-corrected chi connectivity index (χ0v) is 8.75. The molecule has 0 spiro atoms. The minimum atomic E-state index is -0.166. The van der Waals surface area contributed by atoms with E-state index in [1.165, 1.54) is 0 Å². The lowest BCUT2D eigenvalue weighted by Gasteiger charge is -2.33. The molecule has 3 nitrogen and oxygen atoms in total. The van der Waals surface area contributed by atoms with E-state index in [4.69, 9.17) is 6.42 Å². The summed E-state index contributed by atoms with van der Waals surface area (Å²) in [4.78, 5) is 13.3. The quantitative estimate of drug-likeness (QED) is 0.668. The van der Waals surface area contributed by atoms with Gasteiger partial charge in [-0.05, 0) is 31.7 Å². The fraction of sp³-hybridized carbons (Fsp3) is 0.727. The highest BCUT2D eigenvalue weighted by Gasteiger charge is 2.23. The standard InChI is InChI=1S/C11H18N2O/c1-3-8-13(11(14)4-2)10-6-5-7-12-9-10/h2,10,12H,3,5-9H2,1H3. The number of carbonyl (C=O) groups is 1. The van der Waals surface area contributed by atoms with Crippen LogP contribution in [0.5, 0.6) is 0 Å². The minimum Gasteiger partial charge on any atom is -0.328 e. The first kappa shape index (κ1) is 11.1. The Morgan fingerprint density at radius 3 is 3.00 bits per heavy atom. The highest BCUT2D eigenvalue weighted by Crippen LogP contribution is 2.10. The van der Waals surface area contributed by atoms with Crippen molar-refractivity contribution in [2.45, 2.75) is 32.2 Å². The van der Waals surface area contributed by atoms with Gasteiger partial charge in [0.2, 0.25) is 0 Å². The van der Waals surface area contributed by atoms with Gasteiger partial charge in [-0.15, -0.1) is 6.42 Å².